The first-order valence-electron chi connectivity index (χ1n) is 6.67. The SMILES string of the molecule is [Mg+2].[Mg+2].c1cc[cH-]c1.c1cc[cH-]c1.c1cc[cH-]c1.c1cc[cH-]c1. The Balaban J connectivity index is 0. The molecule has 0 aliphatic heterocycles. The fourth-order valence-corrected chi connectivity index (χ4v) is 1.28. The molecule has 0 fully saturated rings. The molecule has 0 aromatic heterocycles. The average Bonchev–Trinajstić information content (AvgIpc) is 3.40. The minimum atomic E-state index is 0. The fourth-order valence-electron chi connectivity index (χ4n) is 1.28. The van der Waals surface area contributed by atoms with Crippen molar-refractivity contribution < 1.29 is 0 Å². The van der Waals surface area contributed by atoms with Crippen molar-refractivity contribution in [3.05, 3.63) is 121 Å². The molecule has 22 heavy (non-hydrogen) atoms. The van der Waals surface area contributed by atoms with Crippen LogP contribution in [-0.2, 0) is 0 Å². The molecule has 0 heterocycles. The van der Waals surface area contributed by atoms with Gasteiger partial charge in [0.2, 0.25) is 0 Å². The van der Waals surface area contributed by atoms with Crippen molar-refractivity contribution in [3.63, 3.8) is 0 Å². The third kappa shape index (κ3) is 17.0. The number of hydrogen-bond acceptors (Lipinski definition) is 0. The van der Waals surface area contributed by atoms with E-state index in [4.69, 9.17) is 0 Å². The molecule has 4 rings (SSSR count). The van der Waals surface area contributed by atoms with Gasteiger partial charge in [-0.1, -0.05) is 0 Å². The third-order valence-corrected chi connectivity index (χ3v) is 2.22. The third-order valence-electron chi connectivity index (χ3n) is 2.22. The van der Waals surface area contributed by atoms with Gasteiger partial charge in [0.15, 0.2) is 0 Å². The maximum atomic E-state index is 2.00. The van der Waals surface area contributed by atoms with Gasteiger partial charge < -0.3 is 0 Å². The van der Waals surface area contributed by atoms with Gasteiger partial charge in [0.25, 0.3) is 0 Å². The van der Waals surface area contributed by atoms with E-state index >= 15 is 0 Å². The van der Waals surface area contributed by atoms with E-state index < -0.39 is 0 Å². The van der Waals surface area contributed by atoms with E-state index in [9.17, 15) is 0 Å². The largest absolute Gasteiger partial charge is 2.00 e. The Morgan fingerprint density at radius 3 is 0.455 bits per heavy atom. The van der Waals surface area contributed by atoms with Crippen molar-refractivity contribution in [2.45, 2.75) is 0 Å². The Labute approximate surface area is 166 Å². The maximum Gasteiger partial charge on any atom is 2.00 e. The van der Waals surface area contributed by atoms with E-state index in [2.05, 4.69) is 0 Å². The molecule has 0 atom stereocenters. The van der Waals surface area contributed by atoms with Crippen molar-refractivity contribution in [1.29, 1.82) is 0 Å². The summed E-state index contributed by atoms with van der Waals surface area (Å²) in [4.78, 5) is 0. The minimum Gasteiger partial charge on any atom is -0.214 e. The van der Waals surface area contributed by atoms with Crippen LogP contribution in [0.5, 0.6) is 0 Å². The van der Waals surface area contributed by atoms with Gasteiger partial charge >= 0.3 is 46.1 Å². The zero-order chi connectivity index (χ0) is 14.1. The molecule has 4 aromatic rings. The smallest absolute Gasteiger partial charge is 0.214 e. The van der Waals surface area contributed by atoms with Crippen molar-refractivity contribution in [3.8, 4) is 0 Å². The summed E-state index contributed by atoms with van der Waals surface area (Å²) in [7, 11) is 0. The van der Waals surface area contributed by atoms with Crippen LogP contribution >= 0.6 is 0 Å². The maximum absolute atomic E-state index is 2.00. The second-order valence-corrected chi connectivity index (χ2v) is 3.85. The van der Waals surface area contributed by atoms with E-state index in [0.717, 1.165) is 0 Å². The summed E-state index contributed by atoms with van der Waals surface area (Å²) in [6.45, 7) is 0. The Kier molecular flexibility index (Phi) is 21.0. The van der Waals surface area contributed by atoms with E-state index in [1.165, 1.54) is 0 Å². The molecule has 0 saturated carbocycles. The zero-order valence-electron chi connectivity index (χ0n) is 13.0. The second-order valence-electron chi connectivity index (χ2n) is 3.85. The molecule has 0 bridgehead atoms. The molecular weight excluding hydrogens is 289 g/mol. The Morgan fingerprint density at radius 2 is 0.409 bits per heavy atom. The van der Waals surface area contributed by atoms with E-state index in [1.807, 2.05) is 121 Å². The Bertz CT molecular complexity index is 341. The quantitative estimate of drug-likeness (QED) is 0.321. The van der Waals surface area contributed by atoms with Crippen LogP contribution in [0.3, 0.4) is 0 Å². The summed E-state index contributed by atoms with van der Waals surface area (Å²) >= 11 is 0. The summed E-state index contributed by atoms with van der Waals surface area (Å²) < 4.78 is 0. The van der Waals surface area contributed by atoms with Gasteiger partial charge in [0.1, 0.15) is 0 Å². The molecule has 2 heteroatoms. The summed E-state index contributed by atoms with van der Waals surface area (Å²) in [6, 6.07) is 40.0. The first-order chi connectivity index (χ1) is 10.0. The average molecular weight is 309 g/mol. The van der Waals surface area contributed by atoms with E-state index in [1.54, 1.807) is 0 Å². The zero-order valence-corrected chi connectivity index (χ0v) is 15.8. The molecular formula is C20H20Mg2. The van der Waals surface area contributed by atoms with Crippen LogP contribution in [0.2, 0.25) is 0 Å². The first kappa shape index (κ1) is 23.2. The topological polar surface area (TPSA) is 0 Å². The van der Waals surface area contributed by atoms with Crippen LogP contribution in [0.4, 0.5) is 0 Å². The number of rotatable bonds is 0. The summed E-state index contributed by atoms with van der Waals surface area (Å²) in [5.41, 5.74) is 0. The molecule has 0 aliphatic rings. The van der Waals surface area contributed by atoms with Crippen LogP contribution in [0.15, 0.2) is 121 Å². The van der Waals surface area contributed by atoms with Gasteiger partial charge in [-0.2, -0.15) is 72.8 Å². The Hall–Kier alpha value is -1.07. The van der Waals surface area contributed by atoms with Gasteiger partial charge in [0, 0.05) is 0 Å². The van der Waals surface area contributed by atoms with Crippen LogP contribution in [0.1, 0.15) is 0 Å². The van der Waals surface area contributed by atoms with Crippen LogP contribution < -0.4 is 0 Å². The standard InChI is InChI=1S/4C5H5.2Mg/c4*1-2-4-5-3-1;;/h4*1-5H;;/q4*-1;2*+2. The first-order valence-corrected chi connectivity index (χ1v) is 6.67. The molecule has 0 amide bonds. The Morgan fingerprint density at radius 1 is 0.273 bits per heavy atom. The molecule has 0 N–H and O–H groups in total. The summed E-state index contributed by atoms with van der Waals surface area (Å²) in [5.74, 6) is 0. The summed E-state index contributed by atoms with van der Waals surface area (Å²) in [5, 5.41) is 0. The molecule has 0 unspecified atom stereocenters. The van der Waals surface area contributed by atoms with Crippen LogP contribution in [0, 0.1) is 0 Å². The molecule has 4 aromatic carbocycles. The predicted molar refractivity (Wildman–Crippen MR) is 99.6 cm³/mol. The van der Waals surface area contributed by atoms with Gasteiger partial charge in [0.05, 0.1) is 0 Å². The van der Waals surface area contributed by atoms with Gasteiger partial charge in [-0.15, -0.1) is 0 Å². The van der Waals surface area contributed by atoms with Gasteiger partial charge in [-0.3, -0.25) is 0 Å². The van der Waals surface area contributed by atoms with Crippen molar-refractivity contribution in [2.24, 2.45) is 0 Å². The van der Waals surface area contributed by atoms with Gasteiger partial charge in [-0.25, -0.2) is 48.5 Å². The molecule has 0 nitrogen and oxygen atoms in total. The normalized spacial score (nSPS) is 7.27. The molecule has 104 valence electrons. The van der Waals surface area contributed by atoms with Crippen LogP contribution in [-0.4, -0.2) is 46.1 Å². The fraction of sp³-hybridized carbons (Fsp3) is 0. The molecule has 0 saturated heterocycles. The molecule has 0 radical (unpaired) electrons. The molecule has 0 spiro atoms. The van der Waals surface area contributed by atoms with Crippen molar-refractivity contribution >= 4 is 46.1 Å². The number of hydrogen-bond donors (Lipinski definition) is 0. The predicted octanol–water partition coefficient (Wildman–Crippen LogP) is 4.86. The minimum absolute atomic E-state index is 0. The van der Waals surface area contributed by atoms with E-state index in [0.29, 0.717) is 0 Å². The van der Waals surface area contributed by atoms with E-state index in [-0.39, 0.29) is 46.1 Å². The van der Waals surface area contributed by atoms with Gasteiger partial charge in [-0.05, 0) is 0 Å². The second kappa shape index (κ2) is 19.9. The molecule has 0 aliphatic carbocycles. The monoisotopic (exact) mass is 308 g/mol. The van der Waals surface area contributed by atoms with Crippen molar-refractivity contribution in [1.82, 2.24) is 0 Å². The van der Waals surface area contributed by atoms with Crippen molar-refractivity contribution in [2.75, 3.05) is 0 Å². The summed E-state index contributed by atoms with van der Waals surface area (Å²) in [6.07, 6.45) is 0. The van der Waals surface area contributed by atoms with Crippen LogP contribution in [0.25, 0.3) is 0 Å².